The Morgan fingerprint density at radius 2 is 1.86 bits per heavy atom. The van der Waals surface area contributed by atoms with E-state index in [4.69, 9.17) is 4.74 Å². The number of benzene rings is 2. The molecule has 28 heavy (non-hydrogen) atoms. The Hall–Kier alpha value is -2.49. The minimum atomic E-state index is -3.70. The van der Waals surface area contributed by atoms with Gasteiger partial charge in [-0.2, -0.15) is 4.31 Å². The largest absolute Gasteiger partial charge is 0.495 e. The van der Waals surface area contributed by atoms with Crippen molar-refractivity contribution in [2.75, 3.05) is 45.7 Å². The summed E-state index contributed by atoms with van der Waals surface area (Å²) in [7, 11) is -0.273. The Balaban J connectivity index is 1.90. The van der Waals surface area contributed by atoms with E-state index in [0.717, 1.165) is 13.1 Å². The van der Waals surface area contributed by atoms with Crippen molar-refractivity contribution in [2.24, 2.45) is 0 Å². The molecule has 1 fully saturated rings. The topological polar surface area (TPSA) is 80.2 Å². The number of likely N-dealkylation sites (N-methyl/N-ethyl adjacent to an activating group) is 1. The maximum absolute atomic E-state index is 13.9. The Labute approximate surface area is 163 Å². The van der Waals surface area contributed by atoms with Crippen LogP contribution in [0.4, 0.5) is 10.1 Å². The second-order valence-electron chi connectivity index (χ2n) is 6.66. The highest BCUT2D eigenvalue weighted by molar-refractivity contribution is 7.89. The van der Waals surface area contributed by atoms with Crippen molar-refractivity contribution in [3.63, 3.8) is 0 Å². The minimum absolute atomic E-state index is 0.0525. The zero-order valence-corrected chi connectivity index (χ0v) is 16.6. The van der Waals surface area contributed by atoms with Gasteiger partial charge in [0.1, 0.15) is 11.6 Å². The monoisotopic (exact) mass is 408 g/mol. The zero-order chi connectivity index (χ0) is 20.3. The highest BCUT2D eigenvalue weighted by Crippen LogP contribution is 2.29. The quantitative estimate of drug-likeness (QED) is 0.760. The number of rotatable bonds is 5. The lowest BCUT2D eigenvalue weighted by atomic mass is 10.2. The number of ether oxygens (including phenoxy) is 1. The molecule has 9 heteroatoms. The summed E-state index contributed by atoms with van der Waals surface area (Å²) in [5.74, 6) is -1.07. The smallest absolute Gasteiger partial charge is 0.258 e. The van der Waals surface area contributed by atoms with Gasteiger partial charge in [-0.05, 0) is 30.3 Å². The summed E-state index contributed by atoms with van der Waals surface area (Å²) in [4.78, 5) is 13.8. The van der Waals surface area contributed by atoms with Gasteiger partial charge in [-0.15, -0.1) is 0 Å². The minimum Gasteiger partial charge on any atom is -0.495 e. The average molecular weight is 408 g/mol. The van der Waals surface area contributed by atoms with Crippen molar-refractivity contribution in [1.29, 1.82) is 0 Å². The van der Waals surface area contributed by atoms with Crippen molar-refractivity contribution in [3.8, 4) is 5.75 Å². The summed E-state index contributed by atoms with van der Waals surface area (Å²) >= 11 is 0. The molecule has 0 atom stereocenters. The SMILES string of the molecule is COc1ccc(S(=O)(=O)N2CC[NH+](C)CC2)cc1NC(=O)c1ccccc1F. The van der Waals surface area contributed by atoms with E-state index in [0.29, 0.717) is 13.1 Å². The second-order valence-corrected chi connectivity index (χ2v) is 8.60. The first-order chi connectivity index (χ1) is 13.3. The average Bonchev–Trinajstić information content (AvgIpc) is 2.68. The maximum Gasteiger partial charge on any atom is 0.258 e. The summed E-state index contributed by atoms with van der Waals surface area (Å²) in [6.07, 6.45) is 0. The van der Waals surface area contributed by atoms with Crippen molar-refractivity contribution < 1.29 is 27.2 Å². The van der Waals surface area contributed by atoms with Gasteiger partial charge in [0, 0.05) is 0 Å². The number of halogens is 1. The van der Waals surface area contributed by atoms with Crippen LogP contribution < -0.4 is 15.0 Å². The van der Waals surface area contributed by atoms with Crippen LogP contribution in [0.15, 0.2) is 47.4 Å². The van der Waals surface area contributed by atoms with Crippen molar-refractivity contribution in [3.05, 3.63) is 53.8 Å². The van der Waals surface area contributed by atoms with E-state index >= 15 is 0 Å². The van der Waals surface area contributed by atoms with E-state index in [1.165, 1.54) is 52.7 Å². The Morgan fingerprint density at radius 1 is 1.18 bits per heavy atom. The highest BCUT2D eigenvalue weighted by atomic mass is 32.2. The van der Waals surface area contributed by atoms with Gasteiger partial charge >= 0.3 is 0 Å². The van der Waals surface area contributed by atoms with Gasteiger partial charge in [0.2, 0.25) is 10.0 Å². The molecule has 1 amide bonds. The number of anilines is 1. The van der Waals surface area contributed by atoms with Crippen LogP contribution in [0.2, 0.25) is 0 Å². The molecular formula is C19H23FN3O4S+. The first kappa shape index (κ1) is 20.2. The number of hydrogen-bond acceptors (Lipinski definition) is 4. The highest BCUT2D eigenvalue weighted by Gasteiger charge is 2.30. The summed E-state index contributed by atoms with van der Waals surface area (Å²) in [5, 5.41) is 2.55. The first-order valence-electron chi connectivity index (χ1n) is 8.88. The van der Waals surface area contributed by atoms with Gasteiger partial charge in [0.25, 0.3) is 5.91 Å². The van der Waals surface area contributed by atoms with E-state index < -0.39 is 21.7 Å². The first-order valence-corrected chi connectivity index (χ1v) is 10.3. The Kier molecular flexibility index (Phi) is 5.97. The van der Waals surface area contributed by atoms with Crippen molar-refractivity contribution in [2.45, 2.75) is 4.90 Å². The second kappa shape index (κ2) is 8.26. The van der Waals surface area contributed by atoms with Crippen LogP contribution in [0, 0.1) is 5.82 Å². The molecule has 0 bridgehead atoms. The van der Waals surface area contributed by atoms with Crippen LogP contribution in [0.3, 0.4) is 0 Å². The third-order valence-corrected chi connectivity index (χ3v) is 6.65. The number of nitrogens with zero attached hydrogens (tertiary/aromatic N) is 1. The van der Waals surface area contributed by atoms with Crippen LogP contribution in [0.5, 0.6) is 5.75 Å². The number of hydrogen-bond donors (Lipinski definition) is 2. The van der Waals surface area contributed by atoms with Crippen LogP contribution in [0.1, 0.15) is 10.4 Å². The zero-order valence-electron chi connectivity index (χ0n) is 15.7. The molecule has 2 aromatic rings. The molecule has 0 aliphatic carbocycles. The van der Waals surface area contributed by atoms with E-state index in [9.17, 15) is 17.6 Å². The summed E-state index contributed by atoms with van der Waals surface area (Å²) in [5.41, 5.74) is 0.0245. The van der Waals surface area contributed by atoms with Crippen LogP contribution in [-0.4, -0.2) is 59.0 Å². The fourth-order valence-corrected chi connectivity index (χ4v) is 4.51. The number of carbonyl (C=O) groups excluding carboxylic acids is 1. The maximum atomic E-state index is 13.9. The van der Waals surface area contributed by atoms with Crippen LogP contribution in [0.25, 0.3) is 0 Å². The van der Waals surface area contributed by atoms with Crippen LogP contribution >= 0.6 is 0 Å². The molecule has 1 aliphatic rings. The normalized spacial score (nSPS) is 16.0. The molecule has 2 aromatic carbocycles. The molecule has 0 saturated carbocycles. The molecule has 3 rings (SSSR count). The third-order valence-electron chi connectivity index (χ3n) is 4.75. The van der Waals surface area contributed by atoms with Gasteiger partial charge in [0.05, 0.1) is 56.5 Å². The molecule has 0 spiro atoms. The van der Waals surface area contributed by atoms with E-state index in [1.54, 1.807) is 6.07 Å². The molecule has 150 valence electrons. The van der Waals surface area contributed by atoms with Gasteiger partial charge in [-0.3, -0.25) is 4.79 Å². The fourth-order valence-electron chi connectivity index (χ4n) is 3.04. The van der Waals surface area contributed by atoms with Gasteiger partial charge in [-0.25, -0.2) is 12.8 Å². The number of sulfonamides is 1. The third kappa shape index (κ3) is 4.16. The van der Waals surface area contributed by atoms with E-state index in [-0.39, 0.29) is 21.9 Å². The number of methoxy groups -OCH3 is 1. The lowest BCUT2D eigenvalue weighted by molar-refractivity contribution is -0.883. The van der Waals surface area contributed by atoms with E-state index in [2.05, 4.69) is 5.32 Å². The molecule has 0 radical (unpaired) electrons. The van der Waals surface area contributed by atoms with Gasteiger partial charge in [0.15, 0.2) is 0 Å². The van der Waals surface area contributed by atoms with E-state index in [1.807, 2.05) is 7.05 Å². The van der Waals surface area contributed by atoms with Crippen molar-refractivity contribution >= 4 is 21.6 Å². The number of carbonyl (C=O) groups is 1. The van der Waals surface area contributed by atoms with Crippen molar-refractivity contribution in [1.82, 2.24) is 4.31 Å². The molecule has 1 aliphatic heterocycles. The molecule has 1 heterocycles. The Bertz CT molecular complexity index is 973. The Morgan fingerprint density at radius 3 is 2.50 bits per heavy atom. The number of amides is 1. The fraction of sp³-hybridized carbons (Fsp3) is 0.316. The lowest BCUT2D eigenvalue weighted by Gasteiger charge is -2.29. The van der Waals surface area contributed by atoms with Gasteiger partial charge in [-0.1, -0.05) is 12.1 Å². The molecular weight excluding hydrogens is 385 g/mol. The predicted octanol–water partition coefficient (Wildman–Crippen LogP) is 0.606. The molecule has 2 N–H and O–H groups in total. The molecule has 0 aromatic heterocycles. The number of nitrogens with one attached hydrogen (secondary N) is 2. The predicted molar refractivity (Wildman–Crippen MR) is 103 cm³/mol. The molecule has 7 nitrogen and oxygen atoms in total. The molecule has 1 saturated heterocycles. The van der Waals surface area contributed by atoms with Crippen LogP contribution in [-0.2, 0) is 10.0 Å². The summed E-state index contributed by atoms with van der Waals surface area (Å²) in [6, 6.07) is 9.83. The van der Waals surface area contributed by atoms with Gasteiger partial charge < -0.3 is 15.0 Å². The standard InChI is InChI=1S/C19H22FN3O4S/c1-22-9-11-23(12-10-22)28(25,26)14-7-8-18(27-2)17(13-14)21-19(24)15-5-3-4-6-16(15)20/h3-8,13H,9-12H2,1-2H3,(H,21,24)/p+1. The number of quaternary nitrogens is 1. The number of piperazine rings is 1. The summed E-state index contributed by atoms with van der Waals surface area (Å²) in [6.45, 7) is 2.31. The molecule has 0 unspecified atom stereocenters. The summed E-state index contributed by atoms with van der Waals surface area (Å²) < 4.78 is 46.4. The lowest BCUT2D eigenvalue weighted by Crippen LogP contribution is -3.12.